The molecule has 0 unspecified atom stereocenters. The van der Waals surface area contributed by atoms with Crippen LogP contribution in [0.5, 0.6) is 23.0 Å². The summed E-state index contributed by atoms with van der Waals surface area (Å²) in [5, 5.41) is 37.5. The summed E-state index contributed by atoms with van der Waals surface area (Å²) in [5.41, 5.74) is 8.78. The molecule has 1 amide bonds. The third-order valence-electron chi connectivity index (χ3n) is 11.3. The number of nitrogens with one attached hydrogen (secondary N) is 1. The van der Waals surface area contributed by atoms with Crippen LogP contribution in [0.4, 0.5) is 0 Å². The van der Waals surface area contributed by atoms with E-state index in [0.717, 1.165) is 44.5 Å². The van der Waals surface area contributed by atoms with Crippen molar-refractivity contribution in [3.63, 3.8) is 0 Å². The molecular weight excluding hydrogens is 755 g/mol. The fraction of sp³-hybridized carbons (Fsp3) is 0.490. The van der Waals surface area contributed by atoms with Gasteiger partial charge in [0.25, 0.3) is 5.91 Å². The van der Waals surface area contributed by atoms with E-state index in [1.807, 2.05) is 12.1 Å². The number of rotatable bonds is 9. The minimum absolute atomic E-state index is 0.130. The highest BCUT2D eigenvalue weighted by molar-refractivity contribution is 5.77. The lowest BCUT2D eigenvalue weighted by Crippen LogP contribution is -2.31. The minimum atomic E-state index is -1.10. The Balaban J connectivity index is 1.91. The van der Waals surface area contributed by atoms with Crippen LogP contribution in [0.1, 0.15) is 150 Å². The van der Waals surface area contributed by atoms with E-state index in [1.54, 1.807) is 7.11 Å². The Morgan fingerprint density at radius 3 is 1.07 bits per heavy atom. The molecule has 0 saturated carbocycles. The molecule has 0 atom stereocenters. The number of carbonyl (C=O) groups excluding carboxylic acids is 1. The molecule has 1 aliphatic rings. The zero-order chi connectivity index (χ0) is 44.5. The lowest BCUT2D eigenvalue weighted by atomic mass is 9.79. The van der Waals surface area contributed by atoms with Gasteiger partial charge in [-0.05, 0) is 88.4 Å². The van der Waals surface area contributed by atoms with Crippen LogP contribution in [0.2, 0.25) is 0 Å². The maximum atomic E-state index is 13.1. The molecule has 4 N–H and O–H groups in total. The highest BCUT2D eigenvalue weighted by Crippen LogP contribution is 2.43. The van der Waals surface area contributed by atoms with Crippen LogP contribution in [0.3, 0.4) is 0 Å². The van der Waals surface area contributed by atoms with Crippen molar-refractivity contribution in [3.05, 3.63) is 115 Å². The average molecular weight is 822 g/mol. The first-order valence-corrected chi connectivity index (χ1v) is 21.0. The number of fused-ring (bicyclic) bond motifs is 8. The van der Waals surface area contributed by atoms with E-state index in [0.29, 0.717) is 46.9 Å². The molecular formula is C51H67NO8. The van der Waals surface area contributed by atoms with E-state index in [-0.39, 0.29) is 71.4 Å². The van der Waals surface area contributed by atoms with Crippen molar-refractivity contribution in [2.75, 3.05) is 33.5 Å². The molecule has 9 nitrogen and oxygen atoms in total. The van der Waals surface area contributed by atoms with Gasteiger partial charge in [-0.25, -0.2) is 4.79 Å². The summed E-state index contributed by atoms with van der Waals surface area (Å²) in [5.74, 6) is -0.166. The first kappa shape index (κ1) is 46.1. The first-order valence-electron chi connectivity index (χ1n) is 21.0. The Labute approximate surface area is 357 Å². The molecule has 4 aromatic rings. The lowest BCUT2D eigenvalue weighted by molar-refractivity contribution is -0.139. The number of hydrogen-bond acceptors (Lipinski definition) is 7. The fourth-order valence-corrected chi connectivity index (χ4v) is 7.63. The van der Waals surface area contributed by atoms with Crippen LogP contribution in [-0.4, -0.2) is 60.7 Å². The second-order valence-electron chi connectivity index (χ2n) is 20.6. The second kappa shape index (κ2) is 17.5. The van der Waals surface area contributed by atoms with Crippen molar-refractivity contribution >= 4 is 11.9 Å². The van der Waals surface area contributed by atoms with Gasteiger partial charge in [-0.3, -0.25) is 4.79 Å². The zero-order valence-electron chi connectivity index (χ0n) is 38.2. The van der Waals surface area contributed by atoms with Gasteiger partial charge in [0.15, 0.2) is 13.2 Å². The number of benzene rings is 4. The molecule has 324 valence electrons. The number of methoxy groups -OCH3 is 1. The van der Waals surface area contributed by atoms with Crippen molar-refractivity contribution in [1.29, 1.82) is 0 Å². The van der Waals surface area contributed by atoms with Gasteiger partial charge in [0.2, 0.25) is 0 Å². The number of hydrogen-bond donors (Lipinski definition) is 4. The van der Waals surface area contributed by atoms with E-state index in [9.17, 15) is 24.9 Å². The molecule has 4 aromatic carbocycles. The molecule has 1 aliphatic carbocycles. The van der Waals surface area contributed by atoms with Crippen LogP contribution in [0.15, 0.2) is 48.5 Å². The van der Waals surface area contributed by atoms with Gasteiger partial charge in [0, 0.05) is 39.3 Å². The molecule has 5 rings (SSSR count). The van der Waals surface area contributed by atoms with Crippen molar-refractivity contribution < 1.29 is 39.1 Å². The van der Waals surface area contributed by atoms with E-state index >= 15 is 0 Å². The second-order valence-corrected chi connectivity index (χ2v) is 20.6. The number of aliphatic carboxylic acids is 1. The van der Waals surface area contributed by atoms with E-state index in [2.05, 4.69) is 125 Å². The summed E-state index contributed by atoms with van der Waals surface area (Å²) >= 11 is 0. The topological polar surface area (TPSA) is 135 Å². The number of carbonyl (C=O) groups is 2. The van der Waals surface area contributed by atoms with E-state index < -0.39 is 12.6 Å². The summed E-state index contributed by atoms with van der Waals surface area (Å²) < 4.78 is 17.9. The summed E-state index contributed by atoms with van der Waals surface area (Å²) in [6, 6.07) is 16.5. The summed E-state index contributed by atoms with van der Waals surface area (Å²) in [6.45, 7) is 25.6. The van der Waals surface area contributed by atoms with Gasteiger partial charge >= 0.3 is 5.97 Å². The Morgan fingerprint density at radius 2 is 0.800 bits per heavy atom. The monoisotopic (exact) mass is 821 g/mol. The summed E-state index contributed by atoms with van der Waals surface area (Å²) in [4.78, 5) is 25.2. The molecule has 60 heavy (non-hydrogen) atoms. The predicted octanol–water partition coefficient (Wildman–Crippen LogP) is 9.57. The first-order chi connectivity index (χ1) is 27.8. The summed E-state index contributed by atoms with van der Waals surface area (Å²) in [7, 11) is 1.58. The maximum absolute atomic E-state index is 13.1. The SMILES string of the molecule is COCCNC(=O)COc1c2cc(C(C)(C)C)cc1Cc1cc(C(C)(C)C)cc(c1O)Cc1cc(C(C)(C)C)cc(c1OCC(=O)O)Cc1cc(C(C)(C)C)cc(c1O)C2. The Kier molecular flexibility index (Phi) is 13.5. The van der Waals surface area contributed by atoms with E-state index in [1.165, 1.54) is 0 Å². The van der Waals surface area contributed by atoms with Gasteiger partial charge in [-0.1, -0.05) is 132 Å². The van der Waals surface area contributed by atoms with Gasteiger partial charge in [0.1, 0.15) is 23.0 Å². The van der Waals surface area contributed by atoms with Gasteiger partial charge in [0.05, 0.1) is 6.61 Å². The average Bonchev–Trinajstić information content (AvgIpc) is 3.11. The number of amides is 1. The number of aromatic hydroxyl groups is 2. The quantitative estimate of drug-likeness (QED) is 0.108. The normalized spacial score (nSPS) is 13.5. The third kappa shape index (κ3) is 11.0. The Hall–Kier alpha value is -5.02. The van der Waals surface area contributed by atoms with Crippen LogP contribution < -0.4 is 14.8 Å². The number of phenolic OH excluding ortho intramolecular Hbond substituents is 2. The molecule has 8 bridgehead atoms. The van der Waals surface area contributed by atoms with Crippen molar-refractivity contribution in [2.45, 2.75) is 130 Å². The molecule has 0 spiro atoms. The molecule has 0 saturated heterocycles. The number of carboxylic acids is 1. The smallest absolute Gasteiger partial charge is 0.341 e. The lowest BCUT2D eigenvalue weighted by Gasteiger charge is -2.28. The van der Waals surface area contributed by atoms with Gasteiger partial charge in [-0.2, -0.15) is 0 Å². The van der Waals surface area contributed by atoms with Crippen LogP contribution in [-0.2, 0) is 61.7 Å². The third-order valence-corrected chi connectivity index (χ3v) is 11.3. The van der Waals surface area contributed by atoms with Crippen molar-refractivity contribution in [1.82, 2.24) is 5.32 Å². The predicted molar refractivity (Wildman–Crippen MR) is 239 cm³/mol. The largest absolute Gasteiger partial charge is 0.507 e. The summed E-state index contributed by atoms with van der Waals surface area (Å²) in [6.07, 6.45) is 1.09. The Bertz CT molecular complexity index is 2120. The molecule has 0 fully saturated rings. The van der Waals surface area contributed by atoms with Crippen LogP contribution in [0, 0.1) is 0 Å². The fourth-order valence-electron chi connectivity index (χ4n) is 7.63. The van der Waals surface area contributed by atoms with Crippen LogP contribution >= 0.6 is 0 Å². The molecule has 0 aliphatic heterocycles. The molecule has 0 aromatic heterocycles. The highest BCUT2D eigenvalue weighted by atomic mass is 16.5. The highest BCUT2D eigenvalue weighted by Gasteiger charge is 2.29. The molecule has 0 radical (unpaired) electrons. The molecule has 9 heteroatoms. The van der Waals surface area contributed by atoms with Crippen molar-refractivity contribution in [2.24, 2.45) is 0 Å². The van der Waals surface area contributed by atoms with Crippen LogP contribution in [0.25, 0.3) is 0 Å². The zero-order valence-corrected chi connectivity index (χ0v) is 38.2. The van der Waals surface area contributed by atoms with Gasteiger partial charge in [-0.15, -0.1) is 0 Å². The van der Waals surface area contributed by atoms with Crippen molar-refractivity contribution in [3.8, 4) is 23.0 Å². The minimum Gasteiger partial charge on any atom is -0.507 e. The molecule has 0 heterocycles. The number of phenols is 2. The standard InChI is InChI=1S/C51H67NO8/c1-48(2,3)38-20-30-16-34-24-40(50(7,8)9)25-35(46(34)59-28-42(53)52-14-15-58-13)17-31-21-39(49(4,5)6)23-33(45(31)57)19-37-27-41(51(10,11)12)26-36(18-32(22-38)44(30)56)47(37)60-29-43(54)55/h20-27,56-57H,14-19,28-29H2,1-13H3,(H,52,53)(H,54,55). The maximum Gasteiger partial charge on any atom is 0.341 e. The Morgan fingerprint density at radius 1 is 0.517 bits per heavy atom. The number of carboxylic acid groups (broad SMARTS) is 1. The van der Waals surface area contributed by atoms with E-state index in [4.69, 9.17) is 14.2 Å². The number of ether oxygens (including phenoxy) is 3. The van der Waals surface area contributed by atoms with Gasteiger partial charge < -0.3 is 34.8 Å².